The SMILES string of the molecule is Cc1cccc2c(N=NC(=O)c3cc(-c4cccnc4)nc4ccccc34)c(O)[nH]c12. The van der Waals surface area contributed by atoms with Gasteiger partial charge in [0, 0.05) is 28.7 Å². The van der Waals surface area contributed by atoms with E-state index in [0.717, 1.165) is 16.6 Å². The molecule has 0 spiro atoms. The third kappa shape index (κ3) is 3.32. The molecule has 0 unspecified atom stereocenters. The minimum atomic E-state index is -0.523. The third-order valence-electron chi connectivity index (χ3n) is 5.14. The molecule has 0 saturated heterocycles. The van der Waals surface area contributed by atoms with Crippen LogP contribution in [0.5, 0.6) is 5.88 Å². The van der Waals surface area contributed by atoms with E-state index < -0.39 is 5.91 Å². The molecule has 0 aliphatic carbocycles. The van der Waals surface area contributed by atoms with Gasteiger partial charge in [-0.25, -0.2) is 4.98 Å². The number of pyridine rings is 2. The second-order valence-corrected chi connectivity index (χ2v) is 7.14. The highest BCUT2D eigenvalue weighted by Crippen LogP contribution is 2.37. The molecule has 5 aromatic rings. The molecule has 0 atom stereocenters. The highest BCUT2D eigenvalue weighted by Gasteiger charge is 2.16. The van der Waals surface area contributed by atoms with E-state index in [1.807, 2.05) is 61.5 Å². The Morgan fingerprint density at radius 2 is 1.87 bits per heavy atom. The minimum absolute atomic E-state index is 0.128. The van der Waals surface area contributed by atoms with Crippen LogP contribution in [0.2, 0.25) is 0 Å². The molecular formula is C24H17N5O2. The Morgan fingerprint density at radius 3 is 2.71 bits per heavy atom. The zero-order valence-corrected chi connectivity index (χ0v) is 16.6. The summed E-state index contributed by atoms with van der Waals surface area (Å²) in [5.74, 6) is -0.651. The first-order valence-electron chi connectivity index (χ1n) is 9.68. The second kappa shape index (κ2) is 7.46. The molecule has 0 aliphatic heterocycles. The molecule has 5 rings (SSSR count). The van der Waals surface area contributed by atoms with Crippen molar-refractivity contribution in [1.29, 1.82) is 0 Å². The summed E-state index contributed by atoms with van der Waals surface area (Å²) >= 11 is 0. The maximum absolute atomic E-state index is 13.1. The van der Waals surface area contributed by atoms with Gasteiger partial charge in [0.25, 0.3) is 5.91 Å². The van der Waals surface area contributed by atoms with Crippen LogP contribution in [0.4, 0.5) is 5.69 Å². The summed E-state index contributed by atoms with van der Waals surface area (Å²) in [6.07, 6.45) is 3.37. The fourth-order valence-electron chi connectivity index (χ4n) is 3.60. The van der Waals surface area contributed by atoms with E-state index in [2.05, 4.69) is 25.2 Å². The van der Waals surface area contributed by atoms with Crippen molar-refractivity contribution in [2.75, 3.05) is 0 Å². The summed E-state index contributed by atoms with van der Waals surface area (Å²) in [6.45, 7) is 1.92. The van der Waals surface area contributed by atoms with Crippen LogP contribution in [0.15, 0.2) is 83.3 Å². The van der Waals surface area contributed by atoms with Crippen molar-refractivity contribution in [3.63, 3.8) is 0 Å². The molecule has 7 nitrogen and oxygen atoms in total. The number of carbonyl (C=O) groups is 1. The maximum atomic E-state index is 13.1. The normalized spacial score (nSPS) is 11.5. The summed E-state index contributed by atoms with van der Waals surface area (Å²) in [5.41, 5.74) is 4.42. The standard InChI is InChI=1S/C24H17N5O2/c1-14-6-4-9-17-21(14)27-24(31)22(17)28-29-23(30)18-12-20(15-7-5-11-25-13-15)26-19-10-3-2-8-16(18)19/h2-13,27,31H,1H3. The molecule has 0 bridgehead atoms. The third-order valence-corrected chi connectivity index (χ3v) is 5.14. The molecule has 1 amide bonds. The molecule has 150 valence electrons. The van der Waals surface area contributed by atoms with E-state index in [-0.39, 0.29) is 11.6 Å². The molecule has 0 saturated carbocycles. The summed E-state index contributed by atoms with van der Waals surface area (Å²) in [7, 11) is 0. The molecule has 3 heterocycles. The number of carbonyl (C=O) groups excluding carboxylic acids is 1. The zero-order valence-electron chi connectivity index (χ0n) is 16.6. The lowest BCUT2D eigenvalue weighted by Crippen LogP contribution is -1.99. The van der Waals surface area contributed by atoms with Gasteiger partial charge in [-0.05, 0) is 36.8 Å². The summed E-state index contributed by atoms with van der Waals surface area (Å²) in [6, 6.07) is 18.4. The number of hydrogen-bond acceptors (Lipinski definition) is 5. The summed E-state index contributed by atoms with van der Waals surface area (Å²) in [4.78, 5) is 24.7. The fraction of sp³-hybridized carbons (Fsp3) is 0.0417. The van der Waals surface area contributed by atoms with Crippen molar-refractivity contribution in [2.45, 2.75) is 6.92 Å². The topological polar surface area (TPSA) is 104 Å². The summed E-state index contributed by atoms with van der Waals surface area (Å²) in [5, 5.41) is 19.7. The van der Waals surface area contributed by atoms with E-state index in [0.29, 0.717) is 27.5 Å². The number of azo groups is 1. The number of fused-ring (bicyclic) bond motifs is 2. The van der Waals surface area contributed by atoms with Crippen LogP contribution in [0, 0.1) is 6.92 Å². The van der Waals surface area contributed by atoms with Crippen molar-refractivity contribution >= 4 is 33.4 Å². The molecule has 3 aromatic heterocycles. The first-order valence-corrected chi connectivity index (χ1v) is 9.68. The molecule has 2 aromatic carbocycles. The number of aromatic nitrogens is 3. The van der Waals surface area contributed by atoms with Crippen molar-refractivity contribution in [2.24, 2.45) is 10.2 Å². The van der Waals surface area contributed by atoms with Gasteiger partial charge in [0.15, 0.2) is 5.69 Å². The monoisotopic (exact) mass is 407 g/mol. The number of H-pyrrole nitrogens is 1. The number of nitrogens with one attached hydrogen (secondary N) is 1. The number of aryl methyl sites for hydroxylation is 1. The molecule has 7 heteroatoms. The number of amides is 1. The predicted molar refractivity (Wildman–Crippen MR) is 119 cm³/mol. The first kappa shape index (κ1) is 18.6. The molecule has 0 aliphatic rings. The lowest BCUT2D eigenvalue weighted by molar-refractivity contribution is 0.0996. The van der Waals surface area contributed by atoms with Gasteiger partial charge in [0.2, 0.25) is 5.88 Å². The lowest BCUT2D eigenvalue weighted by Gasteiger charge is -2.07. The largest absolute Gasteiger partial charge is 0.493 e. The van der Waals surface area contributed by atoms with Crippen molar-refractivity contribution in [1.82, 2.24) is 15.0 Å². The number of hydrogen-bond donors (Lipinski definition) is 2. The van der Waals surface area contributed by atoms with Crippen LogP contribution in [0.1, 0.15) is 15.9 Å². The Bertz CT molecular complexity index is 1470. The van der Waals surface area contributed by atoms with Crippen LogP contribution in [0.3, 0.4) is 0 Å². The molecule has 0 fully saturated rings. The van der Waals surface area contributed by atoms with Crippen LogP contribution in [-0.2, 0) is 0 Å². The highest BCUT2D eigenvalue weighted by atomic mass is 16.3. The molecule has 31 heavy (non-hydrogen) atoms. The second-order valence-electron chi connectivity index (χ2n) is 7.14. The Hall–Kier alpha value is -4.39. The van der Waals surface area contributed by atoms with Crippen LogP contribution < -0.4 is 0 Å². The first-order chi connectivity index (χ1) is 15.1. The van der Waals surface area contributed by atoms with Gasteiger partial charge in [-0.1, -0.05) is 36.4 Å². The molecular weight excluding hydrogens is 390 g/mol. The van der Waals surface area contributed by atoms with Gasteiger partial charge in [-0.3, -0.25) is 9.78 Å². The van der Waals surface area contributed by atoms with Gasteiger partial charge in [0.1, 0.15) is 0 Å². The van der Waals surface area contributed by atoms with Gasteiger partial charge >= 0.3 is 0 Å². The zero-order chi connectivity index (χ0) is 21.4. The van der Waals surface area contributed by atoms with E-state index in [1.54, 1.807) is 18.5 Å². The average molecular weight is 407 g/mol. The van der Waals surface area contributed by atoms with Crippen molar-refractivity contribution in [3.8, 4) is 17.1 Å². The van der Waals surface area contributed by atoms with Crippen LogP contribution >= 0.6 is 0 Å². The Balaban J connectivity index is 1.61. The highest BCUT2D eigenvalue weighted by molar-refractivity contribution is 6.07. The van der Waals surface area contributed by atoms with Crippen molar-refractivity contribution < 1.29 is 9.90 Å². The number of nitrogens with zero attached hydrogens (tertiary/aromatic N) is 4. The van der Waals surface area contributed by atoms with Gasteiger partial charge < -0.3 is 10.1 Å². The van der Waals surface area contributed by atoms with Crippen molar-refractivity contribution in [3.05, 3.63) is 84.2 Å². The van der Waals surface area contributed by atoms with Gasteiger partial charge in [-0.15, -0.1) is 10.2 Å². The Kier molecular flexibility index (Phi) is 4.48. The number of aromatic amines is 1. The van der Waals surface area contributed by atoms with E-state index in [9.17, 15) is 9.90 Å². The smallest absolute Gasteiger partial charge is 0.296 e. The van der Waals surface area contributed by atoms with E-state index >= 15 is 0 Å². The Labute approximate surface area is 177 Å². The lowest BCUT2D eigenvalue weighted by atomic mass is 10.0. The number of aromatic hydroxyl groups is 1. The van der Waals surface area contributed by atoms with E-state index in [4.69, 9.17) is 0 Å². The van der Waals surface area contributed by atoms with E-state index in [1.165, 1.54) is 0 Å². The maximum Gasteiger partial charge on any atom is 0.296 e. The number of benzene rings is 2. The summed E-state index contributed by atoms with van der Waals surface area (Å²) < 4.78 is 0. The Morgan fingerprint density at radius 1 is 1.03 bits per heavy atom. The average Bonchev–Trinajstić information content (AvgIpc) is 3.13. The molecule has 2 N–H and O–H groups in total. The van der Waals surface area contributed by atoms with Gasteiger partial charge in [-0.2, -0.15) is 0 Å². The van der Waals surface area contributed by atoms with Crippen LogP contribution in [0.25, 0.3) is 33.1 Å². The minimum Gasteiger partial charge on any atom is -0.493 e. The number of rotatable bonds is 3. The fourth-order valence-corrected chi connectivity index (χ4v) is 3.60. The predicted octanol–water partition coefficient (Wildman–Crippen LogP) is 5.72. The quantitative estimate of drug-likeness (QED) is 0.373. The van der Waals surface area contributed by atoms with Crippen LogP contribution in [-0.4, -0.2) is 26.0 Å². The van der Waals surface area contributed by atoms with Gasteiger partial charge in [0.05, 0.1) is 22.3 Å². The molecule has 0 radical (unpaired) electrons. The number of para-hydroxylation sites is 2.